The molecule has 0 aliphatic carbocycles. The van der Waals surface area contributed by atoms with Crippen LogP contribution in [-0.2, 0) is 4.74 Å². The van der Waals surface area contributed by atoms with E-state index in [1.807, 2.05) is 0 Å². The normalized spacial score (nSPS) is 20.5. The lowest BCUT2D eigenvalue weighted by Crippen LogP contribution is -2.13. The maximum absolute atomic E-state index is 5.73. The Hall–Kier alpha value is -0.650. The second-order valence-electron chi connectivity index (χ2n) is 3.22. The zero-order valence-electron chi connectivity index (χ0n) is 7.82. The summed E-state index contributed by atoms with van der Waals surface area (Å²) in [5.74, 6) is 0.610. The van der Waals surface area contributed by atoms with Crippen LogP contribution in [0.15, 0.2) is 0 Å². The predicted octanol–water partition coefficient (Wildman–Crippen LogP) is 1.59. The average Bonchev–Trinajstić information content (AvgIpc) is 2.72. The number of nitrogens with zero attached hydrogens (tertiary/aromatic N) is 3. The SMILES string of the molecule is Clc1nnc(Cl)c(OCC2CCOC2)n1. The second-order valence-corrected chi connectivity index (χ2v) is 3.91. The van der Waals surface area contributed by atoms with Gasteiger partial charge in [0.2, 0.25) is 10.4 Å². The van der Waals surface area contributed by atoms with E-state index in [0.29, 0.717) is 19.1 Å². The van der Waals surface area contributed by atoms with Crippen LogP contribution in [0.25, 0.3) is 0 Å². The molecule has 0 radical (unpaired) electrons. The third-order valence-electron chi connectivity index (χ3n) is 2.07. The molecular weight excluding hydrogens is 241 g/mol. The number of halogens is 2. The molecule has 5 nitrogen and oxygen atoms in total. The quantitative estimate of drug-likeness (QED) is 0.815. The Morgan fingerprint density at radius 2 is 2.27 bits per heavy atom. The minimum Gasteiger partial charge on any atom is -0.475 e. The first-order chi connectivity index (χ1) is 7.25. The standard InChI is InChI=1S/C8H9Cl2N3O2/c9-6-7(11-8(10)13-12-6)15-4-5-1-2-14-3-5/h5H,1-4H2. The second kappa shape index (κ2) is 4.92. The minimum absolute atomic E-state index is 0.0251. The van der Waals surface area contributed by atoms with E-state index in [0.717, 1.165) is 13.0 Å². The number of aromatic nitrogens is 3. The summed E-state index contributed by atoms with van der Waals surface area (Å²) in [5.41, 5.74) is 0. The fourth-order valence-corrected chi connectivity index (χ4v) is 1.53. The highest BCUT2D eigenvalue weighted by Gasteiger charge is 2.17. The summed E-state index contributed by atoms with van der Waals surface area (Å²) in [6.07, 6.45) is 0.990. The fourth-order valence-electron chi connectivity index (χ4n) is 1.28. The van der Waals surface area contributed by atoms with Crippen LogP contribution in [0.3, 0.4) is 0 Å². The van der Waals surface area contributed by atoms with Gasteiger partial charge in [-0.2, -0.15) is 4.98 Å². The van der Waals surface area contributed by atoms with Crippen molar-refractivity contribution in [2.45, 2.75) is 6.42 Å². The van der Waals surface area contributed by atoms with E-state index in [1.165, 1.54) is 0 Å². The van der Waals surface area contributed by atoms with Gasteiger partial charge in [-0.15, -0.1) is 10.2 Å². The zero-order valence-corrected chi connectivity index (χ0v) is 9.33. The summed E-state index contributed by atoms with van der Waals surface area (Å²) in [5, 5.41) is 7.22. The molecule has 7 heteroatoms. The van der Waals surface area contributed by atoms with Gasteiger partial charge < -0.3 is 9.47 Å². The van der Waals surface area contributed by atoms with Gasteiger partial charge >= 0.3 is 0 Å². The van der Waals surface area contributed by atoms with Crippen molar-refractivity contribution in [3.8, 4) is 5.88 Å². The number of hydrogen-bond donors (Lipinski definition) is 0. The van der Waals surface area contributed by atoms with E-state index in [4.69, 9.17) is 32.7 Å². The van der Waals surface area contributed by atoms with Crippen molar-refractivity contribution in [1.29, 1.82) is 0 Å². The molecule has 0 bridgehead atoms. The Balaban J connectivity index is 1.94. The summed E-state index contributed by atoms with van der Waals surface area (Å²) in [6.45, 7) is 2.00. The summed E-state index contributed by atoms with van der Waals surface area (Å²) >= 11 is 11.3. The van der Waals surface area contributed by atoms with Crippen molar-refractivity contribution in [1.82, 2.24) is 15.2 Å². The monoisotopic (exact) mass is 249 g/mol. The van der Waals surface area contributed by atoms with Crippen molar-refractivity contribution in [2.75, 3.05) is 19.8 Å². The lowest BCUT2D eigenvalue weighted by atomic mass is 10.1. The molecule has 15 heavy (non-hydrogen) atoms. The third-order valence-corrected chi connectivity index (χ3v) is 2.47. The van der Waals surface area contributed by atoms with Crippen LogP contribution in [0.1, 0.15) is 6.42 Å². The molecule has 82 valence electrons. The third kappa shape index (κ3) is 2.90. The van der Waals surface area contributed by atoms with Crippen LogP contribution >= 0.6 is 23.2 Å². The van der Waals surface area contributed by atoms with Crippen molar-refractivity contribution in [3.05, 3.63) is 10.4 Å². The molecule has 0 aromatic carbocycles. The number of rotatable bonds is 3. The van der Waals surface area contributed by atoms with Crippen molar-refractivity contribution < 1.29 is 9.47 Å². The van der Waals surface area contributed by atoms with Gasteiger partial charge in [0.1, 0.15) is 0 Å². The van der Waals surface area contributed by atoms with Crippen LogP contribution in [0, 0.1) is 5.92 Å². The van der Waals surface area contributed by atoms with Crippen molar-refractivity contribution in [3.63, 3.8) is 0 Å². The van der Waals surface area contributed by atoms with Crippen LogP contribution in [-0.4, -0.2) is 35.0 Å². The Morgan fingerprint density at radius 1 is 1.40 bits per heavy atom. The highest BCUT2D eigenvalue weighted by atomic mass is 35.5. The molecule has 1 unspecified atom stereocenters. The lowest BCUT2D eigenvalue weighted by Gasteiger charge is -2.09. The highest BCUT2D eigenvalue weighted by molar-refractivity contribution is 6.31. The van der Waals surface area contributed by atoms with Gasteiger partial charge in [-0.05, 0) is 18.0 Å². The molecule has 0 saturated carbocycles. The maximum Gasteiger partial charge on any atom is 0.256 e. The van der Waals surface area contributed by atoms with Gasteiger partial charge in [0.05, 0.1) is 13.2 Å². The topological polar surface area (TPSA) is 57.1 Å². The largest absolute Gasteiger partial charge is 0.475 e. The summed E-state index contributed by atoms with van der Waals surface area (Å²) in [6, 6.07) is 0. The molecule has 1 atom stereocenters. The molecule has 0 spiro atoms. The van der Waals surface area contributed by atoms with Crippen LogP contribution < -0.4 is 4.74 Å². The van der Waals surface area contributed by atoms with Gasteiger partial charge in [-0.3, -0.25) is 0 Å². The fraction of sp³-hybridized carbons (Fsp3) is 0.625. The maximum atomic E-state index is 5.73. The van der Waals surface area contributed by atoms with Gasteiger partial charge in [0.15, 0.2) is 0 Å². The molecule has 1 aliphatic rings. The first-order valence-electron chi connectivity index (χ1n) is 4.52. The van der Waals surface area contributed by atoms with Gasteiger partial charge in [0.25, 0.3) is 5.88 Å². The zero-order chi connectivity index (χ0) is 10.7. The summed E-state index contributed by atoms with van der Waals surface area (Å²) in [4.78, 5) is 3.83. The van der Waals surface area contributed by atoms with Gasteiger partial charge in [-0.25, -0.2) is 0 Å². The smallest absolute Gasteiger partial charge is 0.256 e. The minimum atomic E-state index is 0.0251. The van der Waals surface area contributed by atoms with E-state index in [2.05, 4.69) is 15.2 Å². The Labute approximate surface area is 96.7 Å². The van der Waals surface area contributed by atoms with Crippen molar-refractivity contribution in [2.24, 2.45) is 5.92 Å². The molecule has 0 N–H and O–H groups in total. The molecule has 1 saturated heterocycles. The molecule has 1 fully saturated rings. The van der Waals surface area contributed by atoms with E-state index >= 15 is 0 Å². The Kier molecular flexibility index (Phi) is 3.56. The van der Waals surface area contributed by atoms with Crippen LogP contribution in [0.2, 0.25) is 10.4 Å². The molecule has 1 aliphatic heterocycles. The molecular formula is C8H9Cl2N3O2. The Morgan fingerprint density at radius 3 is 3.00 bits per heavy atom. The molecule has 0 amide bonds. The Bertz CT molecular complexity index is 345. The van der Waals surface area contributed by atoms with E-state index in [1.54, 1.807) is 0 Å². The molecule has 2 rings (SSSR count). The predicted molar refractivity (Wildman–Crippen MR) is 54.3 cm³/mol. The van der Waals surface area contributed by atoms with Crippen LogP contribution in [0.5, 0.6) is 5.88 Å². The van der Waals surface area contributed by atoms with Gasteiger partial charge in [0, 0.05) is 12.5 Å². The average molecular weight is 250 g/mol. The lowest BCUT2D eigenvalue weighted by molar-refractivity contribution is 0.165. The first-order valence-corrected chi connectivity index (χ1v) is 5.27. The van der Waals surface area contributed by atoms with E-state index < -0.39 is 0 Å². The molecule has 1 aromatic heterocycles. The van der Waals surface area contributed by atoms with Crippen LogP contribution in [0.4, 0.5) is 0 Å². The highest BCUT2D eigenvalue weighted by Crippen LogP contribution is 2.21. The first kappa shape index (κ1) is 10.9. The molecule has 2 heterocycles. The summed E-state index contributed by atoms with van der Waals surface area (Å²) < 4.78 is 10.6. The van der Waals surface area contributed by atoms with E-state index in [9.17, 15) is 0 Å². The van der Waals surface area contributed by atoms with Gasteiger partial charge in [-0.1, -0.05) is 11.6 Å². The van der Waals surface area contributed by atoms with Crippen molar-refractivity contribution >= 4 is 23.2 Å². The summed E-state index contributed by atoms with van der Waals surface area (Å²) in [7, 11) is 0. The van der Waals surface area contributed by atoms with E-state index in [-0.39, 0.29) is 16.3 Å². The number of hydrogen-bond acceptors (Lipinski definition) is 5. The number of ether oxygens (including phenoxy) is 2. The molecule has 1 aromatic rings.